The maximum absolute atomic E-state index is 11.6. The van der Waals surface area contributed by atoms with E-state index in [1.165, 1.54) is 7.11 Å². The van der Waals surface area contributed by atoms with Crippen LogP contribution in [0.25, 0.3) is 0 Å². The normalized spacial score (nSPS) is 21.7. The number of carbonyl (C=O) groups excluding carboxylic acids is 1. The van der Waals surface area contributed by atoms with Crippen LogP contribution >= 0.6 is 0 Å². The van der Waals surface area contributed by atoms with Crippen LogP contribution in [0.4, 0.5) is 4.79 Å². The number of hydrogen-bond acceptors (Lipinski definition) is 5. The molecule has 8 nitrogen and oxygen atoms in total. The zero-order chi connectivity index (χ0) is 13.9. The molecule has 0 aromatic carbocycles. The number of nitrogens with zero attached hydrogens (tertiary/aromatic N) is 2. The van der Waals surface area contributed by atoms with Crippen LogP contribution in [0.1, 0.15) is 6.42 Å². The van der Waals surface area contributed by atoms with Crippen LogP contribution in [0, 0.1) is 0 Å². The highest BCUT2D eigenvalue weighted by Gasteiger charge is 2.35. The second kappa shape index (κ2) is 5.53. The average Bonchev–Trinajstić information content (AvgIpc) is 2.27. The Bertz CT molecular complexity index is 434. The molecule has 1 N–H and O–H groups in total. The van der Waals surface area contributed by atoms with Gasteiger partial charge in [0.1, 0.15) is 0 Å². The van der Waals surface area contributed by atoms with E-state index in [0.29, 0.717) is 0 Å². The third-order valence-corrected chi connectivity index (χ3v) is 4.09. The average molecular weight is 280 g/mol. The van der Waals surface area contributed by atoms with Crippen molar-refractivity contribution in [3.05, 3.63) is 0 Å². The van der Waals surface area contributed by atoms with E-state index in [1.807, 2.05) is 0 Å². The molecule has 1 saturated heterocycles. The van der Waals surface area contributed by atoms with Crippen molar-refractivity contribution in [1.29, 1.82) is 0 Å². The number of rotatable bonds is 3. The molecule has 1 heterocycles. The summed E-state index contributed by atoms with van der Waals surface area (Å²) >= 11 is 0. The van der Waals surface area contributed by atoms with Gasteiger partial charge in [-0.25, -0.2) is 13.2 Å². The molecule has 104 valence electrons. The number of carboxylic acid groups (broad SMARTS) is 1. The quantitative estimate of drug-likeness (QED) is 0.677. The summed E-state index contributed by atoms with van der Waals surface area (Å²) in [5.41, 5.74) is 0. The van der Waals surface area contributed by atoms with Crippen LogP contribution in [-0.4, -0.2) is 73.8 Å². The summed E-state index contributed by atoms with van der Waals surface area (Å²) in [6.45, 7) is 0.115. The Morgan fingerprint density at radius 2 is 2.00 bits per heavy atom. The van der Waals surface area contributed by atoms with Crippen LogP contribution in [0.3, 0.4) is 0 Å². The van der Waals surface area contributed by atoms with Gasteiger partial charge in [0.2, 0.25) is 10.0 Å². The monoisotopic (exact) mass is 280 g/mol. The first-order valence-corrected chi connectivity index (χ1v) is 7.12. The summed E-state index contributed by atoms with van der Waals surface area (Å²) in [6, 6.07) is -0.711. The Balaban J connectivity index is 2.86. The number of sulfonamides is 1. The molecule has 0 aromatic heterocycles. The van der Waals surface area contributed by atoms with E-state index in [4.69, 9.17) is 5.11 Å². The summed E-state index contributed by atoms with van der Waals surface area (Å²) in [5.74, 6) is -0.569. The van der Waals surface area contributed by atoms with Gasteiger partial charge in [0.25, 0.3) is 0 Å². The SMILES string of the molecule is COC(=O)CC1CN(C(=O)O)CCN1S(C)(=O)=O. The summed E-state index contributed by atoms with van der Waals surface area (Å²) in [7, 11) is -2.27. The summed E-state index contributed by atoms with van der Waals surface area (Å²) in [6.07, 6.45) is -0.251. The second-order valence-corrected chi connectivity index (χ2v) is 5.97. The topological polar surface area (TPSA) is 104 Å². The van der Waals surface area contributed by atoms with Crippen molar-refractivity contribution >= 4 is 22.1 Å². The predicted octanol–water partition coefficient (Wildman–Crippen LogP) is -0.827. The van der Waals surface area contributed by atoms with Crippen molar-refractivity contribution in [3.63, 3.8) is 0 Å². The first-order chi connectivity index (χ1) is 8.25. The summed E-state index contributed by atoms with van der Waals surface area (Å²) in [5, 5.41) is 8.88. The van der Waals surface area contributed by atoms with E-state index >= 15 is 0 Å². The minimum absolute atomic E-state index is 0.0303. The van der Waals surface area contributed by atoms with E-state index < -0.39 is 28.1 Å². The standard InChI is InChI=1S/C9H16N2O6S/c1-17-8(12)5-7-6-10(9(13)14)3-4-11(7)18(2,15)16/h7H,3-6H2,1-2H3,(H,13,14). The van der Waals surface area contributed by atoms with Crippen LogP contribution in [0.15, 0.2) is 0 Å². The number of ether oxygens (including phenoxy) is 1. The van der Waals surface area contributed by atoms with Gasteiger partial charge in [0.15, 0.2) is 0 Å². The van der Waals surface area contributed by atoms with Gasteiger partial charge in [-0.1, -0.05) is 0 Å². The minimum atomic E-state index is -3.47. The van der Waals surface area contributed by atoms with E-state index in [1.54, 1.807) is 0 Å². The molecule has 1 rings (SSSR count). The first kappa shape index (κ1) is 14.7. The highest BCUT2D eigenvalue weighted by atomic mass is 32.2. The number of esters is 1. The molecule has 1 aliphatic heterocycles. The Morgan fingerprint density at radius 1 is 1.39 bits per heavy atom. The molecule has 0 spiro atoms. The van der Waals surface area contributed by atoms with E-state index in [9.17, 15) is 18.0 Å². The number of amides is 1. The van der Waals surface area contributed by atoms with Crippen LogP contribution in [0.2, 0.25) is 0 Å². The lowest BCUT2D eigenvalue weighted by molar-refractivity contribution is -0.142. The highest BCUT2D eigenvalue weighted by molar-refractivity contribution is 7.88. The molecule has 18 heavy (non-hydrogen) atoms. The highest BCUT2D eigenvalue weighted by Crippen LogP contribution is 2.17. The van der Waals surface area contributed by atoms with Crippen molar-refractivity contribution in [2.45, 2.75) is 12.5 Å². The zero-order valence-electron chi connectivity index (χ0n) is 10.2. The van der Waals surface area contributed by atoms with Crippen molar-refractivity contribution in [3.8, 4) is 0 Å². The minimum Gasteiger partial charge on any atom is -0.469 e. The fourth-order valence-electron chi connectivity index (χ4n) is 1.89. The molecule has 0 bridgehead atoms. The lowest BCUT2D eigenvalue weighted by atomic mass is 10.1. The van der Waals surface area contributed by atoms with Gasteiger partial charge >= 0.3 is 12.1 Å². The molecule has 0 aliphatic carbocycles. The van der Waals surface area contributed by atoms with Crippen molar-refractivity contribution in [2.24, 2.45) is 0 Å². The fourth-order valence-corrected chi connectivity index (χ4v) is 2.99. The maximum Gasteiger partial charge on any atom is 0.407 e. The van der Waals surface area contributed by atoms with Gasteiger partial charge in [-0.15, -0.1) is 0 Å². The first-order valence-electron chi connectivity index (χ1n) is 5.27. The van der Waals surface area contributed by atoms with Gasteiger partial charge in [-0.3, -0.25) is 4.79 Å². The molecule has 1 aliphatic rings. The van der Waals surface area contributed by atoms with Crippen molar-refractivity contribution < 1.29 is 27.9 Å². The third-order valence-electron chi connectivity index (χ3n) is 2.76. The largest absolute Gasteiger partial charge is 0.469 e. The summed E-state index contributed by atoms with van der Waals surface area (Å²) in [4.78, 5) is 23.2. The van der Waals surface area contributed by atoms with Crippen LogP contribution in [0.5, 0.6) is 0 Å². The predicted molar refractivity (Wildman–Crippen MR) is 61.6 cm³/mol. The maximum atomic E-state index is 11.6. The third kappa shape index (κ3) is 3.57. The molecule has 1 fully saturated rings. The molecular weight excluding hydrogens is 264 g/mol. The van der Waals surface area contributed by atoms with Crippen molar-refractivity contribution in [2.75, 3.05) is 33.0 Å². The fraction of sp³-hybridized carbons (Fsp3) is 0.778. The summed E-state index contributed by atoms with van der Waals surface area (Å²) < 4.78 is 28.7. The molecule has 0 aromatic rings. The van der Waals surface area contributed by atoms with Crippen molar-refractivity contribution in [1.82, 2.24) is 9.21 Å². The van der Waals surface area contributed by atoms with Gasteiger partial charge < -0.3 is 14.7 Å². The Labute approximate surface area is 105 Å². The Morgan fingerprint density at radius 3 is 2.44 bits per heavy atom. The van der Waals surface area contributed by atoms with E-state index in [2.05, 4.69) is 4.74 Å². The Kier molecular flexibility index (Phi) is 4.52. The van der Waals surface area contributed by atoms with Crippen LogP contribution in [-0.2, 0) is 19.6 Å². The number of methoxy groups -OCH3 is 1. The molecular formula is C9H16N2O6S. The zero-order valence-corrected chi connectivity index (χ0v) is 11.0. The molecule has 1 amide bonds. The van der Waals surface area contributed by atoms with Gasteiger partial charge in [0.05, 0.1) is 25.8 Å². The number of hydrogen-bond donors (Lipinski definition) is 1. The van der Waals surface area contributed by atoms with Gasteiger partial charge in [0, 0.05) is 19.6 Å². The van der Waals surface area contributed by atoms with Gasteiger partial charge in [-0.05, 0) is 0 Å². The molecule has 0 saturated carbocycles. The second-order valence-electron chi connectivity index (χ2n) is 4.04. The molecule has 9 heteroatoms. The molecule has 1 unspecified atom stereocenters. The number of carbonyl (C=O) groups is 2. The molecule has 1 atom stereocenters. The molecule has 0 radical (unpaired) electrons. The van der Waals surface area contributed by atoms with Gasteiger partial charge in [-0.2, -0.15) is 4.31 Å². The van der Waals surface area contributed by atoms with Crippen LogP contribution < -0.4 is 0 Å². The lowest BCUT2D eigenvalue weighted by Crippen LogP contribution is -2.56. The van der Waals surface area contributed by atoms with E-state index in [0.717, 1.165) is 15.5 Å². The lowest BCUT2D eigenvalue weighted by Gasteiger charge is -2.38. The number of piperazine rings is 1. The smallest absolute Gasteiger partial charge is 0.407 e. The Hall–Kier alpha value is -1.35. The van der Waals surface area contributed by atoms with E-state index in [-0.39, 0.29) is 26.1 Å².